The first-order valence-electron chi connectivity index (χ1n) is 4.27. The molecule has 76 valence electrons. The number of nitrogens with two attached hydrogens (primary N) is 1. The number of hydrogen-bond donors (Lipinski definition) is 1. The molecule has 0 aromatic carbocycles. The third-order valence-corrected chi connectivity index (χ3v) is 2.00. The van der Waals surface area contributed by atoms with Crippen molar-refractivity contribution in [3.63, 3.8) is 0 Å². The summed E-state index contributed by atoms with van der Waals surface area (Å²) < 4.78 is 4.62. The van der Waals surface area contributed by atoms with E-state index in [9.17, 15) is 9.59 Å². The van der Waals surface area contributed by atoms with Gasteiger partial charge in [-0.25, -0.2) is 4.79 Å². The molecular weight excluding hydrogens is 186 g/mol. The minimum Gasteiger partial charge on any atom is -0.436 e. The van der Waals surface area contributed by atoms with Crippen LogP contribution in [-0.2, 0) is 9.53 Å². The minimum atomic E-state index is -0.956. The van der Waals surface area contributed by atoms with Crippen LogP contribution in [-0.4, -0.2) is 36.1 Å². The summed E-state index contributed by atoms with van der Waals surface area (Å²) in [6.07, 6.45) is -0.577. The summed E-state index contributed by atoms with van der Waals surface area (Å²) in [7, 11) is 0. The van der Waals surface area contributed by atoms with Gasteiger partial charge in [0.1, 0.15) is 6.54 Å². The lowest BCUT2D eigenvalue weighted by atomic mass is 10.1. The molecule has 1 fully saturated rings. The van der Waals surface area contributed by atoms with Gasteiger partial charge in [-0.3, -0.25) is 4.79 Å². The van der Waals surface area contributed by atoms with Crippen LogP contribution in [0.5, 0.6) is 0 Å². The van der Waals surface area contributed by atoms with Crippen molar-refractivity contribution in [3.05, 3.63) is 0 Å². The summed E-state index contributed by atoms with van der Waals surface area (Å²) in [4.78, 5) is 23.3. The fraction of sp³-hybridized carbons (Fsp3) is 0.625. The molecule has 1 rings (SSSR count). The number of piperidine rings is 1. The molecule has 1 aliphatic rings. The molecule has 6 nitrogen and oxygen atoms in total. The number of nitrogens with zero attached hydrogens (tertiary/aromatic N) is 2. The molecule has 1 aliphatic heterocycles. The van der Waals surface area contributed by atoms with E-state index in [0.717, 1.165) is 0 Å². The van der Waals surface area contributed by atoms with Crippen LogP contribution in [0.3, 0.4) is 0 Å². The van der Waals surface area contributed by atoms with Gasteiger partial charge in [-0.05, 0) is 12.8 Å². The largest absolute Gasteiger partial charge is 0.436 e. The Morgan fingerprint density at radius 1 is 1.79 bits per heavy atom. The first-order valence-corrected chi connectivity index (χ1v) is 4.27. The van der Waals surface area contributed by atoms with E-state index in [4.69, 9.17) is 11.0 Å². The highest BCUT2D eigenvalue weighted by atomic mass is 16.6. The minimum absolute atomic E-state index is 0.0253. The second kappa shape index (κ2) is 4.46. The first kappa shape index (κ1) is 10.3. The average molecular weight is 197 g/mol. The molecule has 1 atom stereocenters. The monoisotopic (exact) mass is 197 g/mol. The number of primary amides is 1. The van der Waals surface area contributed by atoms with Gasteiger partial charge in [0, 0.05) is 6.54 Å². The fourth-order valence-corrected chi connectivity index (χ4v) is 1.40. The van der Waals surface area contributed by atoms with Crippen molar-refractivity contribution in [1.29, 1.82) is 5.26 Å². The Hall–Kier alpha value is -1.77. The molecule has 2 N–H and O–H groups in total. The maximum absolute atomic E-state index is 11.5. The van der Waals surface area contributed by atoms with E-state index >= 15 is 0 Å². The second-order valence-electron chi connectivity index (χ2n) is 2.99. The van der Waals surface area contributed by atoms with Crippen molar-refractivity contribution in [2.24, 2.45) is 5.73 Å². The predicted octanol–water partition coefficient (Wildman–Crippen LogP) is -0.404. The van der Waals surface area contributed by atoms with Gasteiger partial charge in [0.25, 0.3) is 5.91 Å². The van der Waals surface area contributed by atoms with Crippen molar-refractivity contribution < 1.29 is 14.3 Å². The summed E-state index contributed by atoms with van der Waals surface area (Å²) in [6, 6.07) is 1.88. The lowest BCUT2D eigenvalue weighted by Gasteiger charge is -2.29. The van der Waals surface area contributed by atoms with Crippen LogP contribution in [0.2, 0.25) is 0 Å². The van der Waals surface area contributed by atoms with Crippen LogP contribution >= 0.6 is 0 Å². The van der Waals surface area contributed by atoms with Gasteiger partial charge in [-0.2, -0.15) is 5.26 Å². The molecule has 1 saturated heterocycles. The van der Waals surface area contributed by atoms with Gasteiger partial charge in [-0.1, -0.05) is 0 Å². The van der Waals surface area contributed by atoms with Crippen molar-refractivity contribution in [2.75, 3.05) is 13.1 Å². The van der Waals surface area contributed by atoms with Gasteiger partial charge in [0.15, 0.2) is 6.10 Å². The molecule has 1 heterocycles. The number of ether oxygens (including phenoxy) is 1. The Kier molecular flexibility index (Phi) is 3.29. The molecular formula is C8H11N3O3. The van der Waals surface area contributed by atoms with E-state index in [2.05, 4.69) is 4.74 Å². The molecule has 0 bridgehead atoms. The van der Waals surface area contributed by atoms with Crippen molar-refractivity contribution in [2.45, 2.75) is 18.9 Å². The summed E-state index contributed by atoms with van der Waals surface area (Å²) in [5, 5.41) is 8.43. The molecule has 0 radical (unpaired) electrons. The first-order chi connectivity index (χ1) is 6.65. The van der Waals surface area contributed by atoms with E-state index in [1.54, 1.807) is 0 Å². The van der Waals surface area contributed by atoms with Gasteiger partial charge >= 0.3 is 6.09 Å². The summed E-state index contributed by atoms with van der Waals surface area (Å²) >= 11 is 0. The maximum Gasteiger partial charge on any atom is 0.405 e. The zero-order valence-corrected chi connectivity index (χ0v) is 7.60. The van der Waals surface area contributed by atoms with Crippen LogP contribution in [0.1, 0.15) is 12.8 Å². The number of likely N-dealkylation sites (tertiary alicyclic amines) is 1. The Bertz CT molecular complexity index is 284. The number of nitriles is 1. The predicted molar refractivity (Wildman–Crippen MR) is 45.9 cm³/mol. The number of rotatable bonds is 2. The van der Waals surface area contributed by atoms with Crippen LogP contribution in [0.4, 0.5) is 4.79 Å². The quantitative estimate of drug-likeness (QED) is 0.609. The number of carbonyl (C=O) groups is 2. The number of amides is 2. The second-order valence-corrected chi connectivity index (χ2v) is 2.99. The molecule has 0 aliphatic carbocycles. The normalized spacial score (nSPS) is 21.5. The summed E-state index contributed by atoms with van der Waals surface area (Å²) in [6.45, 7) is 0.558. The third kappa shape index (κ3) is 2.36. The van der Waals surface area contributed by atoms with Gasteiger partial charge < -0.3 is 15.4 Å². The molecule has 0 saturated carbocycles. The summed E-state index contributed by atoms with van der Waals surface area (Å²) in [5.74, 6) is -0.336. The van der Waals surface area contributed by atoms with Crippen molar-refractivity contribution in [3.8, 4) is 6.07 Å². The zero-order chi connectivity index (χ0) is 10.6. The van der Waals surface area contributed by atoms with Gasteiger partial charge in [-0.15, -0.1) is 0 Å². The van der Waals surface area contributed by atoms with Crippen LogP contribution in [0.25, 0.3) is 0 Å². The van der Waals surface area contributed by atoms with Crippen molar-refractivity contribution in [1.82, 2.24) is 4.90 Å². The highest BCUT2D eigenvalue weighted by Crippen LogP contribution is 2.14. The van der Waals surface area contributed by atoms with Crippen LogP contribution in [0.15, 0.2) is 0 Å². The van der Waals surface area contributed by atoms with E-state index in [1.165, 1.54) is 4.90 Å². The van der Waals surface area contributed by atoms with E-state index in [1.807, 2.05) is 6.07 Å². The number of carbonyl (C=O) groups excluding carboxylic acids is 2. The molecule has 0 spiro atoms. The molecule has 0 aromatic rings. The Morgan fingerprint density at radius 2 is 2.50 bits per heavy atom. The van der Waals surface area contributed by atoms with E-state index in [-0.39, 0.29) is 12.5 Å². The van der Waals surface area contributed by atoms with Gasteiger partial charge in [0.05, 0.1) is 6.07 Å². The summed E-state index contributed by atoms with van der Waals surface area (Å²) in [5.41, 5.74) is 4.81. The Morgan fingerprint density at radius 3 is 3.07 bits per heavy atom. The van der Waals surface area contributed by atoms with Crippen LogP contribution in [0, 0.1) is 11.3 Å². The Balaban J connectivity index is 2.57. The molecule has 14 heavy (non-hydrogen) atoms. The lowest BCUT2D eigenvalue weighted by molar-refractivity contribution is -0.143. The molecule has 0 unspecified atom stereocenters. The highest BCUT2D eigenvalue weighted by Gasteiger charge is 2.30. The topological polar surface area (TPSA) is 96.4 Å². The zero-order valence-electron chi connectivity index (χ0n) is 7.60. The van der Waals surface area contributed by atoms with E-state index in [0.29, 0.717) is 19.4 Å². The average Bonchev–Trinajstić information content (AvgIpc) is 2.11. The molecule has 0 aromatic heterocycles. The van der Waals surface area contributed by atoms with Crippen molar-refractivity contribution >= 4 is 12.0 Å². The smallest absolute Gasteiger partial charge is 0.405 e. The maximum atomic E-state index is 11.5. The Labute approximate surface area is 81.2 Å². The van der Waals surface area contributed by atoms with Crippen LogP contribution < -0.4 is 5.73 Å². The molecule has 2 amide bonds. The fourth-order valence-electron chi connectivity index (χ4n) is 1.40. The SMILES string of the molecule is N#CCN1CCC[C@@H](OC(N)=O)C1=O. The number of hydrogen-bond acceptors (Lipinski definition) is 4. The standard InChI is InChI=1S/C8H11N3O3/c9-3-5-11-4-1-2-6(7(11)12)14-8(10)13/h6H,1-2,4-5H2,(H2,10,13)/t6-/m1/s1. The van der Waals surface area contributed by atoms with Gasteiger partial charge in [0.2, 0.25) is 0 Å². The third-order valence-electron chi connectivity index (χ3n) is 2.00. The molecule has 6 heteroatoms. The lowest BCUT2D eigenvalue weighted by Crippen LogP contribution is -2.46. The highest BCUT2D eigenvalue weighted by molar-refractivity contribution is 5.84. The van der Waals surface area contributed by atoms with E-state index < -0.39 is 12.2 Å².